The molecule has 1 aromatic heterocycles. The van der Waals surface area contributed by atoms with Crippen molar-refractivity contribution >= 4 is 11.6 Å². The van der Waals surface area contributed by atoms with Gasteiger partial charge in [-0.2, -0.15) is 5.26 Å². The van der Waals surface area contributed by atoms with E-state index in [-0.39, 0.29) is 6.10 Å². The Hall–Kier alpha value is -1.11. The number of nitrogens with zero attached hydrogens (tertiary/aromatic N) is 2. The summed E-state index contributed by atoms with van der Waals surface area (Å²) >= 11 is 6.11. The van der Waals surface area contributed by atoms with Gasteiger partial charge in [0.1, 0.15) is 5.41 Å². The molecule has 2 rings (SSSR count). The van der Waals surface area contributed by atoms with Crippen LogP contribution in [0.15, 0.2) is 18.3 Å². The van der Waals surface area contributed by atoms with Gasteiger partial charge in [0.2, 0.25) is 0 Å². The highest BCUT2D eigenvalue weighted by atomic mass is 35.5. The Balaban J connectivity index is 2.38. The summed E-state index contributed by atoms with van der Waals surface area (Å²) in [6, 6.07) is 5.93. The normalized spacial score (nSPS) is 28.9. The van der Waals surface area contributed by atoms with Crippen LogP contribution < -0.4 is 0 Å². The molecule has 1 aromatic rings. The first kappa shape index (κ1) is 11.4. The van der Waals surface area contributed by atoms with Gasteiger partial charge in [-0.3, -0.25) is 4.98 Å². The third-order valence-corrected chi connectivity index (χ3v) is 3.53. The average Bonchev–Trinajstić information content (AvgIpc) is 2.74. The van der Waals surface area contributed by atoms with Gasteiger partial charge in [0, 0.05) is 13.3 Å². The minimum atomic E-state index is -0.570. The van der Waals surface area contributed by atoms with E-state index in [2.05, 4.69) is 11.1 Å². The molecule has 0 spiro atoms. The Morgan fingerprint density at radius 1 is 1.69 bits per heavy atom. The molecule has 4 heteroatoms. The molecule has 0 N–H and O–H groups in total. The summed E-state index contributed by atoms with van der Waals surface area (Å²) in [7, 11) is 1.68. The molecule has 3 nitrogen and oxygen atoms in total. The van der Waals surface area contributed by atoms with E-state index >= 15 is 0 Å². The first-order valence-corrected chi connectivity index (χ1v) is 5.65. The van der Waals surface area contributed by atoms with E-state index in [4.69, 9.17) is 16.3 Å². The van der Waals surface area contributed by atoms with Crippen molar-refractivity contribution in [2.45, 2.75) is 30.8 Å². The predicted octanol–water partition coefficient (Wildman–Crippen LogP) is 2.70. The van der Waals surface area contributed by atoms with Crippen LogP contribution in [0.2, 0.25) is 5.02 Å². The van der Waals surface area contributed by atoms with Crippen LogP contribution in [0.4, 0.5) is 0 Å². The van der Waals surface area contributed by atoms with Gasteiger partial charge in [0.15, 0.2) is 0 Å². The fraction of sp³-hybridized carbons (Fsp3) is 0.500. The van der Waals surface area contributed by atoms with Gasteiger partial charge in [-0.15, -0.1) is 0 Å². The van der Waals surface area contributed by atoms with Crippen molar-refractivity contribution in [2.24, 2.45) is 0 Å². The molecule has 1 unspecified atom stereocenters. The summed E-state index contributed by atoms with van der Waals surface area (Å²) in [5.74, 6) is 0. The fourth-order valence-electron chi connectivity index (χ4n) is 2.31. The lowest BCUT2D eigenvalue weighted by Crippen LogP contribution is -2.23. The highest BCUT2D eigenvalue weighted by molar-refractivity contribution is 6.31. The summed E-state index contributed by atoms with van der Waals surface area (Å²) in [6.45, 7) is 0. The largest absolute Gasteiger partial charge is 0.381 e. The maximum Gasteiger partial charge on any atom is 0.103 e. The van der Waals surface area contributed by atoms with Crippen LogP contribution >= 0.6 is 11.6 Å². The number of hydrogen-bond acceptors (Lipinski definition) is 3. The Bertz CT molecular complexity index is 429. The summed E-state index contributed by atoms with van der Waals surface area (Å²) in [6.07, 6.45) is 4.14. The molecular formula is C12H13ClN2O. The van der Waals surface area contributed by atoms with E-state index in [1.54, 1.807) is 25.4 Å². The number of pyridine rings is 1. The molecule has 0 bridgehead atoms. The number of hydrogen-bond donors (Lipinski definition) is 0. The zero-order valence-electron chi connectivity index (χ0n) is 9.11. The van der Waals surface area contributed by atoms with Gasteiger partial charge < -0.3 is 4.74 Å². The zero-order valence-corrected chi connectivity index (χ0v) is 9.87. The van der Waals surface area contributed by atoms with Crippen LogP contribution in [0.3, 0.4) is 0 Å². The van der Waals surface area contributed by atoms with E-state index in [9.17, 15) is 5.26 Å². The maximum atomic E-state index is 9.40. The van der Waals surface area contributed by atoms with Crippen molar-refractivity contribution in [3.05, 3.63) is 29.0 Å². The fourth-order valence-corrected chi connectivity index (χ4v) is 2.61. The summed E-state index contributed by atoms with van der Waals surface area (Å²) < 4.78 is 5.31. The van der Waals surface area contributed by atoms with Crippen LogP contribution in [-0.2, 0) is 10.2 Å². The first-order valence-electron chi connectivity index (χ1n) is 5.27. The topological polar surface area (TPSA) is 45.9 Å². The average molecular weight is 237 g/mol. The van der Waals surface area contributed by atoms with Crippen LogP contribution in [0.5, 0.6) is 0 Å². The summed E-state index contributed by atoms with van der Waals surface area (Å²) in [5.41, 5.74) is 0.123. The second-order valence-corrected chi connectivity index (χ2v) is 4.54. The molecule has 1 saturated carbocycles. The standard InChI is InChI=1S/C12H13ClN2O/c1-16-9-4-5-12(7-9,8-14)11-10(13)3-2-6-15-11/h2-3,6,9H,4-5,7H2,1H3/t9-,12?/m1/s1. The molecule has 1 aliphatic carbocycles. The predicted molar refractivity (Wildman–Crippen MR) is 61.2 cm³/mol. The van der Waals surface area contributed by atoms with Gasteiger partial charge in [-0.25, -0.2) is 0 Å². The second kappa shape index (κ2) is 4.40. The van der Waals surface area contributed by atoms with Gasteiger partial charge in [-0.05, 0) is 31.4 Å². The first-order chi connectivity index (χ1) is 7.72. The van der Waals surface area contributed by atoms with E-state index in [0.29, 0.717) is 17.1 Å². The van der Waals surface area contributed by atoms with Crippen molar-refractivity contribution in [3.8, 4) is 6.07 Å². The van der Waals surface area contributed by atoms with Crippen LogP contribution in [-0.4, -0.2) is 18.2 Å². The van der Waals surface area contributed by atoms with Gasteiger partial charge in [-0.1, -0.05) is 11.6 Å². The second-order valence-electron chi connectivity index (χ2n) is 4.13. The lowest BCUT2D eigenvalue weighted by atomic mass is 9.84. The highest BCUT2D eigenvalue weighted by Gasteiger charge is 2.43. The van der Waals surface area contributed by atoms with E-state index < -0.39 is 5.41 Å². The number of methoxy groups -OCH3 is 1. The lowest BCUT2D eigenvalue weighted by Gasteiger charge is -2.20. The summed E-state index contributed by atoms with van der Waals surface area (Å²) in [5, 5.41) is 9.97. The van der Waals surface area contributed by atoms with Gasteiger partial charge in [0.25, 0.3) is 0 Å². The van der Waals surface area contributed by atoms with Crippen molar-refractivity contribution < 1.29 is 4.74 Å². The third-order valence-electron chi connectivity index (χ3n) is 3.23. The Kier molecular flexibility index (Phi) is 3.13. The van der Waals surface area contributed by atoms with E-state index in [0.717, 1.165) is 12.8 Å². The Morgan fingerprint density at radius 2 is 2.50 bits per heavy atom. The lowest BCUT2D eigenvalue weighted by molar-refractivity contribution is 0.105. The zero-order chi connectivity index (χ0) is 11.6. The molecule has 0 aromatic carbocycles. The van der Waals surface area contributed by atoms with Crippen molar-refractivity contribution in [3.63, 3.8) is 0 Å². The SMILES string of the molecule is CO[C@@H]1CCC(C#N)(c2ncccc2Cl)C1. The molecule has 0 aliphatic heterocycles. The van der Waals surface area contributed by atoms with Crippen molar-refractivity contribution in [1.29, 1.82) is 5.26 Å². The molecule has 2 atom stereocenters. The minimum Gasteiger partial charge on any atom is -0.381 e. The molecular weight excluding hydrogens is 224 g/mol. The minimum absolute atomic E-state index is 0.137. The smallest absolute Gasteiger partial charge is 0.103 e. The van der Waals surface area contributed by atoms with Crippen molar-refractivity contribution in [1.82, 2.24) is 4.98 Å². The molecule has 0 radical (unpaired) electrons. The molecule has 0 amide bonds. The van der Waals surface area contributed by atoms with Crippen molar-refractivity contribution in [2.75, 3.05) is 7.11 Å². The number of ether oxygens (including phenoxy) is 1. The van der Waals surface area contributed by atoms with E-state index in [1.165, 1.54) is 0 Å². The maximum absolute atomic E-state index is 9.40. The Labute approximate surface area is 100 Å². The van der Waals surface area contributed by atoms with Crippen LogP contribution in [0.1, 0.15) is 25.0 Å². The number of nitriles is 1. The highest BCUT2D eigenvalue weighted by Crippen LogP contribution is 2.43. The quantitative estimate of drug-likeness (QED) is 0.793. The number of rotatable bonds is 2. The molecule has 16 heavy (non-hydrogen) atoms. The molecule has 1 aliphatic rings. The monoisotopic (exact) mass is 236 g/mol. The molecule has 1 heterocycles. The molecule has 84 valence electrons. The van der Waals surface area contributed by atoms with Crippen LogP contribution in [0.25, 0.3) is 0 Å². The molecule has 0 saturated heterocycles. The van der Waals surface area contributed by atoms with Gasteiger partial charge >= 0.3 is 0 Å². The van der Waals surface area contributed by atoms with Crippen LogP contribution in [0, 0.1) is 11.3 Å². The summed E-state index contributed by atoms with van der Waals surface area (Å²) in [4.78, 5) is 4.26. The number of aromatic nitrogens is 1. The Morgan fingerprint density at radius 3 is 3.06 bits per heavy atom. The number of halogens is 1. The van der Waals surface area contributed by atoms with Gasteiger partial charge in [0.05, 0.1) is 22.9 Å². The molecule has 1 fully saturated rings. The third kappa shape index (κ3) is 1.79. The van der Waals surface area contributed by atoms with E-state index in [1.807, 2.05) is 0 Å².